The molecule has 1 fully saturated rings. The first-order valence-corrected chi connectivity index (χ1v) is 10.8. The zero-order chi connectivity index (χ0) is 21.4. The van der Waals surface area contributed by atoms with Crippen molar-refractivity contribution in [2.45, 2.75) is 60.0 Å². The van der Waals surface area contributed by atoms with Gasteiger partial charge in [-0.05, 0) is 32.8 Å². The minimum Gasteiger partial charge on any atom is -0.462 e. The Balaban J connectivity index is 2.02. The molecule has 0 saturated carbocycles. The predicted molar refractivity (Wildman–Crippen MR) is 113 cm³/mol. The summed E-state index contributed by atoms with van der Waals surface area (Å²) in [5.41, 5.74) is 2.17. The molecular weight excluding hydrogens is 370 g/mol. The van der Waals surface area contributed by atoms with E-state index in [-0.39, 0.29) is 18.4 Å². The summed E-state index contributed by atoms with van der Waals surface area (Å²) in [5.74, 6) is 0.165. The summed E-state index contributed by atoms with van der Waals surface area (Å²) >= 11 is 0. The number of hydrogen-bond acceptors (Lipinski definition) is 5. The fraction of sp³-hybridized carbons (Fsp3) is 0.727. The van der Waals surface area contributed by atoms with E-state index in [1.54, 1.807) is 13.0 Å². The van der Waals surface area contributed by atoms with E-state index in [0.29, 0.717) is 30.7 Å². The highest BCUT2D eigenvalue weighted by Gasteiger charge is 2.27. The number of rotatable bonds is 10. The number of aryl methyl sites for hydroxylation is 1. The number of carbonyl (C=O) groups excluding carboxylic acids is 2. The van der Waals surface area contributed by atoms with Gasteiger partial charge in [0.15, 0.2) is 0 Å². The van der Waals surface area contributed by atoms with Crippen LogP contribution in [0.4, 0.5) is 0 Å². The molecule has 0 spiro atoms. The minimum atomic E-state index is -0.339. The van der Waals surface area contributed by atoms with Gasteiger partial charge in [-0.1, -0.05) is 26.7 Å². The Labute approximate surface area is 174 Å². The van der Waals surface area contributed by atoms with Crippen molar-refractivity contribution in [3.63, 3.8) is 0 Å². The maximum Gasteiger partial charge on any atom is 0.339 e. The van der Waals surface area contributed by atoms with Crippen LogP contribution in [-0.4, -0.2) is 66.8 Å². The smallest absolute Gasteiger partial charge is 0.339 e. The van der Waals surface area contributed by atoms with Gasteiger partial charge in [0.05, 0.1) is 25.4 Å². The first-order chi connectivity index (χ1) is 13.9. The molecule has 164 valence electrons. The van der Waals surface area contributed by atoms with Crippen molar-refractivity contribution in [2.75, 3.05) is 39.5 Å². The van der Waals surface area contributed by atoms with E-state index in [4.69, 9.17) is 9.47 Å². The molecule has 0 aromatic carbocycles. The van der Waals surface area contributed by atoms with Crippen molar-refractivity contribution >= 4 is 11.9 Å². The number of carbonyl (C=O) groups is 2. The SMILES string of the molecule is CCOC(=O)c1cc(C)n(CC(=O)NCC(C(CC)CC)N2CCOCC2)c1C. The van der Waals surface area contributed by atoms with Crippen LogP contribution in [0.25, 0.3) is 0 Å². The molecule has 1 N–H and O–H groups in total. The molecule has 1 aromatic heterocycles. The minimum absolute atomic E-state index is 0.0357. The van der Waals surface area contributed by atoms with Gasteiger partial charge in [0, 0.05) is 37.1 Å². The van der Waals surface area contributed by atoms with E-state index in [1.807, 2.05) is 18.4 Å². The molecule has 0 aliphatic carbocycles. The van der Waals surface area contributed by atoms with Gasteiger partial charge in [-0.15, -0.1) is 0 Å². The lowest BCUT2D eigenvalue weighted by molar-refractivity contribution is -0.122. The molecule has 1 atom stereocenters. The number of nitrogens with zero attached hydrogens (tertiary/aromatic N) is 2. The number of ether oxygens (including phenoxy) is 2. The molecule has 0 bridgehead atoms. The maximum atomic E-state index is 12.7. The molecule has 1 aliphatic heterocycles. The average molecular weight is 408 g/mol. The Morgan fingerprint density at radius 2 is 1.83 bits per heavy atom. The van der Waals surface area contributed by atoms with Gasteiger partial charge in [-0.3, -0.25) is 9.69 Å². The van der Waals surface area contributed by atoms with Crippen LogP contribution in [0.2, 0.25) is 0 Å². The van der Waals surface area contributed by atoms with Gasteiger partial charge in [0.1, 0.15) is 6.54 Å². The van der Waals surface area contributed by atoms with Crippen LogP contribution in [0.5, 0.6) is 0 Å². The summed E-state index contributed by atoms with van der Waals surface area (Å²) in [4.78, 5) is 27.3. The van der Waals surface area contributed by atoms with Gasteiger partial charge in [-0.25, -0.2) is 4.79 Å². The fourth-order valence-electron chi connectivity index (χ4n) is 4.21. The Morgan fingerprint density at radius 3 is 2.41 bits per heavy atom. The normalized spacial score (nSPS) is 16.1. The first-order valence-electron chi connectivity index (χ1n) is 10.8. The van der Waals surface area contributed by atoms with Gasteiger partial charge in [-0.2, -0.15) is 0 Å². The topological polar surface area (TPSA) is 72.8 Å². The second kappa shape index (κ2) is 11.4. The number of hydrogen-bond donors (Lipinski definition) is 1. The zero-order valence-electron chi connectivity index (χ0n) is 18.6. The fourth-order valence-corrected chi connectivity index (χ4v) is 4.21. The molecule has 0 radical (unpaired) electrons. The Kier molecular flexibility index (Phi) is 9.17. The Hall–Kier alpha value is -1.86. The molecule has 1 saturated heterocycles. The highest BCUT2D eigenvalue weighted by Crippen LogP contribution is 2.20. The van der Waals surface area contributed by atoms with Crippen molar-refractivity contribution in [2.24, 2.45) is 5.92 Å². The van der Waals surface area contributed by atoms with Crippen LogP contribution in [0, 0.1) is 19.8 Å². The van der Waals surface area contributed by atoms with Crippen LogP contribution in [0.1, 0.15) is 55.4 Å². The molecule has 2 heterocycles. The molecule has 7 nitrogen and oxygen atoms in total. The molecule has 2 rings (SSSR count). The summed E-state index contributed by atoms with van der Waals surface area (Å²) in [6, 6.07) is 2.11. The molecule has 29 heavy (non-hydrogen) atoms. The molecular formula is C22H37N3O4. The van der Waals surface area contributed by atoms with E-state index in [1.165, 1.54) is 0 Å². The largest absolute Gasteiger partial charge is 0.462 e. The third-order valence-corrected chi connectivity index (χ3v) is 5.99. The monoisotopic (exact) mass is 407 g/mol. The van der Waals surface area contributed by atoms with Crippen molar-refractivity contribution in [3.05, 3.63) is 23.0 Å². The van der Waals surface area contributed by atoms with Gasteiger partial charge < -0.3 is 19.4 Å². The van der Waals surface area contributed by atoms with E-state index in [2.05, 4.69) is 24.1 Å². The van der Waals surface area contributed by atoms with Crippen LogP contribution in [-0.2, 0) is 20.8 Å². The van der Waals surface area contributed by atoms with E-state index in [0.717, 1.165) is 50.5 Å². The molecule has 1 unspecified atom stereocenters. The summed E-state index contributed by atoms with van der Waals surface area (Å²) in [6.07, 6.45) is 2.18. The predicted octanol–water partition coefficient (Wildman–Crippen LogP) is 2.53. The second-order valence-corrected chi connectivity index (χ2v) is 7.69. The van der Waals surface area contributed by atoms with E-state index < -0.39 is 0 Å². The molecule has 1 aliphatic rings. The highest BCUT2D eigenvalue weighted by atomic mass is 16.5. The van der Waals surface area contributed by atoms with Gasteiger partial charge >= 0.3 is 5.97 Å². The summed E-state index contributed by atoms with van der Waals surface area (Å²) in [5, 5.41) is 3.14. The number of aromatic nitrogens is 1. The Bertz CT molecular complexity index is 676. The number of esters is 1. The Morgan fingerprint density at radius 1 is 1.17 bits per heavy atom. The summed E-state index contributed by atoms with van der Waals surface area (Å²) < 4.78 is 12.5. The maximum absolute atomic E-state index is 12.7. The number of nitrogens with one attached hydrogen (secondary N) is 1. The standard InChI is InChI=1S/C22H37N3O4/c1-6-18(7-2)20(24-9-11-28-12-10-24)14-23-21(26)15-25-16(4)13-19(17(25)5)22(27)29-8-3/h13,18,20H,6-12,14-15H2,1-5H3,(H,23,26). The molecule has 1 aromatic rings. The van der Waals surface area contributed by atoms with Gasteiger partial charge in [0.2, 0.25) is 5.91 Å². The summed E-state index contributed by atoms with van der Waals surface area (Å²) in [7, 11) is 0. The first kappa shape index (κ1) is 23.4. The van der Waals surface area contributed by atoms with Gasteiger partial charge in [0.25, 0.3) is 0 Å². The van der Waals surface area contributed by atoms with Crippen molar-refractivity contribution in [1.29, 1.82) is 0 Å². The second-order valence-electron chi connectivity index (χ2n) is 7.69. The van der Waals surface area contributed by atoms with Crippen molar-refractivity contribution in [3.8, 4) is 0 Å². The third-order valence-electron chi connectivity index (χ3n) is 5.99. The average Bonchev–Trinajstić information content (AvgIpc) is 3.00. The number of morpholine rings is 1. The third kappa shape index (κ3) is 6.06. The van der Waals surface area contributed by atoms with Crippen LogP contribution >= 0.6 is 0 Å². The van der Waals surface area contributed by atoms with Crippen molar-refractivity contribution < 1.29 is 19.1 Å². The lowest BCUT2D eigenvalue weighted by Gasteiger charge is -2.38. The zero-order valence-corrected chi connectivity index (χ0v) is 18.6. The molecule has 1 amide bonds. The highest BCUT2D eigenvalue weighted by molar-refractivity contribution is 5.91. The van der Waals surface area contributed by atoms with E-state index in [9.17, 15) is 9.59 Å². The van der Waals surface area contributed by atoms with Crippen molar-refractivity contribution in [1.82, 2.24) is 14.8 Å². The van der Waals surface area contributed by atoms with Crippen LogP contribution in [0.3, 0.4) is 0 Å². The number of amides is 1. The lowest BCUT2D eigenvalue weighted by atomic mass is 9.92. The summed E-state index contributed by atoms with van der Waals surface area (Å²) in [6.45, 7) is 14.5. The van der Waals surface area contributed by atoms with Crippen LogP contribution in [0.15, 0.2) is 6.07 Å². The van der Waals surface area contributed by atoms with Crippen LogP contribution < -0.4 is 5.32 Å². The quantitative estimate of drug-likeness (QED) is 0.604. The lowest BCUT2D eigenvalue weighted by Crippen LogP contribution is -2.52. The molecule has 7 heteroatoms. The van der Waals surface area contributed by atoms with E-state index >= 15 is 0 Å².